The van der Waals surface area contributed by atoms with Crippen molar-refractivity contribution in [1.82, 2.24) is 0 Å². The molecule has 0 bridgehead atoms. The zero-order valence-corrected chi connectivity index (χ0v) is 8.00. The van der Waals surface area contributed by atoms with E-state index in [4.69, 9.17) is 0 Å². The second kappa shape index (κ2) is 4.27. The van der Waals surface area contributed by atoms with Crippen LogP contribution in [-0.2, 0) is 12.8 Å². The second-order valence-corrected chi connectivity index (χ2v) is 3.67. The summed E-state index contributed by atoms with van der Waals surface area (Å²) in [6, 6.07) is 8.86. The molecule has 0 N–H and O–H groups in total. The predicted molar refractivity (Wildman–Crippen MR) is 56.8 cm³/mol. The highest BCUT2D eigenvalue weighted by Gasteiger charge is 2.01. The van der Waals surface area contributed by atoms with Crippen LogP contribution >= 0.6 is 0 Å². The molecule has 2 rings (SSSR count). The molecule has 0 atom stereocenters. The van der Waals surface area contributed by atoms with Crippen molar-refractivity contribution in [3.8, 4) is 0 Å². The summed E-state index contributed by atoms with van der Waals surface area (Å²) in [5, 5.41) is 0. The largest absolute Gasteiger partial charge is 0.0885 e. The zero-order chi connectivity index (χ0) is 8.93. The van der Waals surface area contributed by atoms with Gasteiger partial charge in [0.2, 0.25) is 0 Å². The Bertz CT molecular complexity index is 297. The summed E-state index contributed by atoms with van der Waals surface area (Å²) in [6.45, 7) is 0. The van der Waals surface area contributed by atoms with Gasteiger partial charge in [0, 0.05) is 0 Å². The monoisotopic (exact) mass is 172 g/mol. The summed E-state index contributed by atoms with van der Waals surface area (Å²) < 4.78 is 0. The van der Waals surface area contributed by atoms with E-state index in [1.807, 2.05) is 0 Å². The number of benzene rings is 1. The highest BCUT2D eigenvalue weighted by atomic mass is 14.1. The Morgan fingerprint density at radius 1 is 0.769 bits per heavy atom. The predicted octanol–water partition coefficient (Wildman–Crippen LogP) is 3.51. The molecule has 0 spiro atoms. The van der Waals surface area contributed by atoms with Crippen molar-refractivity contribution >= 4 is 0 Å². The third-order valence-corrected chi connectivity index (χ3v) is 2.68. The van der Waals surface area contributed by atoms with Crippen molar-refractivity contribution in [2.75, 3.05) is 0 Å². The average Bonchev–Trinajstić information content (AvgIpc) is 2.28. The van der Waals surface area contributed by atoms with Crippen LogP contribution in [0.1, 0.15) is 30.4 Å². The summed E-state index contributed by atoms with van der Waals surface area (Å²) in [6.07, 6.45) is 10.9. The standard InChI is InChI=1S/C13H16/c1-2-4-8-12-10-6-7-11-13(12)9-5-3-1/h1-2,6-7,10-11H,3-5,8-9H2/b2-1+. The van der Waals surface area contributed by atoms with Gasteiger partial charge in [-0.05, 0) is 43.2 Å². The second-order valence-electron chi connectivity index (χ2n) is 3.67. The van der Waals surface area contributed by atoms with Gasteiger partial charge >= 0.3 is 0 Å². The van der Waals surface area contributed by atoms with Crippen LogP contribution in [0, 0.1) is 0 Å². The van der Waals surface area contributed by atoms with E-state index < -0.39 is 0 Å². The first-order valence-corrected chi connectivity index (χ1v) is 5.18. The van der Waals surface area contributed by atoms with Gasteiger partial charge in [-0.15, -0.1) is 0 Å². The van der Waals surface area contributed by atoms with Crippen molar-refractivity contribution in [1.29, 1.82) is 0 Å². The van der Waals surface area contributed by atoms with E-state index in [-0.39, 0.29) is 0 Å². The van der Waals surface area contributed by atoms with Crippen LogP contribution in [0.5, 0.6) is 0 Å². The third kappa shape index (κ3) is 2.21. The number of aryl methyl sites for hydroxylation is 2. The van der Waals surface area contributed by atoms with Crippen molar-refractivity contribution in [3.05, 3.63) is 47.5 Å². The maximum absolute atomic E-state index is 2.33. The molecule has 13 heavy (non-hydrogen) atoms. The van der Waals surface area contributed by atoms with E-state index in [0.29, 0.717) is 0 Å². The number of hydrogen-bond donors (Lipinski definition) is 0. The van der Waals surface area contributed by atoms with Gasteiger partial charge in [-0.25, -0.2) is 0 Å². The van der Waals surface area contributed by atoms with Gasteiger partial charge in [-0.2, -0.15) is 0 Å². The molecule has 1 aromatic carbocycles. The Hall–Kier alpha value is -1.04. The lowest BCUT2D eigenvalue weighted by molar-refractivity contribution is 0.837. The highest BCUT2D eigenvalue weighted by Crippen LogP contribution is 2.16. The Labute approximate surface area is 80.3 Å². The Morgan fingerprint density at radius 3 is 2.31 bits per heavy atom. The lowest BCUT2D eigenvalue weighted by atomic mass is 10.00. The summed E-state index contributed by atoms with van der Waals surface area (Å²) in [5.74, 6) is 0. The number of hydrogen-bond acceptors (Lipinski definition) is 0. The molecular formula is C13H16. The number of allylic oxidation sites excluding steroid dienone is 2. The van der Waals surface area contributed by atoms with Crippen LogP contribution in [0.3, 0.4) is 0 Å². The quantitative estimate of drug-likeness (QED) is 0.525. The summed E-state index contributed by atoms with van der Waals surface area (Å²) in [7, 11) is 0. The first-order chi connectivity index (χ1) is 6.47. The van der Waals surface area contributed by atoms with Gasteiger partial charge in [0.05, 0.1) is 0 Å². The van der Waals surface area contributed by atoms with E-state index in [1.54, 1.807) is 11.1 Å². The van der Waals surface area contributed by atoms with E-state index in [0.717, 1.165) is 0 Å². The number of fused-ring (bicyclic) bond motifs is 1. The van der Waals surface area contributed by atoms with Gasteiger partial charge in [0.1, 0.15) is 0 Å². The molecular weight excluding hydrogens is 156 g/mol. The van der Waals surface area contributed by atoms with Gasteiger partial charge in [-0.3, -0.25) is 0 Å². The van der Waals surface area contributed by atoms with Crippen LogP contribution in [0.2, 0.25) is 0 Å². The van der Waals surface area contributed by atoms with Crippen LogP contribution in [0.4, 0.5) is 0 Å². The fourth-order valence-electron chi connectivity index (χ4n) is 1.93. The molecule has 0 radical (unpaired) electrons. The molecule has 0 fully saturated rings. The smallest absolute Gasteiger partial charge is 0.0241 e. The molecule has 0 nitrogen and oxygen atoms in total. The van der Waals surface area contributed by atoms with Crippen molar-refractivity contribution < 1.29 is 0 Å². The summed E-state index contributed by atoms with van der Waals surface area (Å²) in [4.78, 5) is 0. The SMILES string of the molecule is C1=C/CCc2ccccc2CCC/1. The lowest BCUT2D eigenvalue weighted by Gasteiger charge is -2.06. The summed E-state index contributed by atoms with van der Waals surface area (Å²) in [5.41, 5.74) is 3.11. The normalized spacial score (nSPS) is 19.4. The van der Waals surface area contributed by atoms with E-state index in [9.17, 15) is 0 Å². The van der Waals surface area contributed by atoms with Crippen LogP contribution in [0.15, 0.2) is 36.4 Å². The van der Waals surface area contributed by atoms with Gasteiger partial charge in [0.15, 0.2) is 0 Å². The van der Waals surface area contributed by atoms with Gasteiger partial charge in [0.25, 0.3) is 0 Å². The molecule has 0 aliphatic heterocycles. The Morgan fingerprint density at radius 2 is 1.46 bits per heavy atom. The molecule has 0 saturated carbocycles. The van der Waals surface area contributed by atoms with Crippen LogP contribution in [-0.4, -0.2) is 0 Å². The Kier molecular flexibility index (Phi) is 2.81. The molecule has 1 aromatic rings. The van der Waals surface area contributed by atoms with Crippen molar-refractivity contribution in [3.63, 3.8) is 0 Å². The minimum absolute atomic E-state index is 1.21. The maximum Gasteiger partial charge on any atom is -0.0241 e. The minimum Gasteiger partial charge on any atom is -0.0885 e. The lowest BCUT2D eigenvalue weighted by Crippen LogP contribution is -1.92. The van der Waals surface area contributed by atoms with E-state index in [1.165, 1.54) is 32.1 Å². The van der Waals surface area contributed by atoms with E-state index in [2.05, 4.69) is 36.4 Å². The van der Waals surface area contributed by atoms with Crippen molar-refractivity contribution in [2.24, 2.45) is 0 Å². The molecule has 0 saturated heterocycles. The fourth-order valence-corrected chi connectivity index (χ4v) is 1.93. The molecule has 68 valence electrons. The molecule has 0 heterocycles. The average molecular weight is 172 g/mol. The highest BCUT2D eigenvalue weighted by molar-refractivity contribution is 5.28. The molecule has 0 amide bonds. The van der Waals surface area contributed by atoms with Gasteiger partial charge < -0.3 is 0 Å². The molecule has 0 heteroatoms. The van der Waals surface area contributed by atoms with Crippen molar-refractivity contribution in [2.45, 2.75) is 32.1 Å². The summed E-state index contributed by atoms with van der Waals surface area (Å²) >= 11 is 0. The number of rotatable bonds is 0. The first-order valence-electron chi connectivity index (χ1n) is 5.18. The maximum atomic E-state index is 2.33. The third-order valence-electron chi connectivity index (χ3n) is 2.68. The van der Waals surface area contributed by atoms with Gasteiger partial charge in [-0.1, -0.05) is 36.4 Å². The van der Waals surface area contributed by atoms with Crippen LogP contribution < -0.4 is 0 Å². The molecule has 1 aliphatic rings. The minimum atomic E-state index is 1.21. The topological polar surface area (TPSA) is 0 Å². The molecule has 1 aliphatic carbocycles. The molecule has 0 unspecified atom stereocenters. The first kappa shape index (κ1) is 8.55. The Balaban J connectivity index is 2.22. The molecule has 0 aromatic heterocycles. The fraction of sp³-hybridized carbons (Fsp3) is 0.385. The zero-order valence-electron chi connectivity index (χ0n) is 8.00. The van der Waals surface area contributed by atoms with Crippen LogP contribution in [0.25, 0.3) is 0 Å². The van der Waals surface area contributed by atoms with E-state index >= 15 is 0 Å².